The van der Waals surface area contributed by atoms with Crippen LogP contribution in [0.25, 0.3) is 17.2 Å². The van der Waals surface area contributed by atoms with Crippen LogP contribution in [0.5, 0.6) is 5.75 Å². The predicted molar refractivity (Wildman–Crippen MR) is 97.1 cm³/mol. The van der Waals surface area contributed by atoms with E-state index in [1.165, 1.54) is 0 Å². The van der Waals surface area contributed by atoms with Gasteiger partial charge in [-0.05, 0) is 36.2 Å². The van der Waals surface area contributed by atoms with Gasteiger partial charge in [0.25, 0.3) is 0 Å². The fourth-order valence-electron chi connectivity index (χ4n) is 3.00. The van der Waals surface area contributed by atoms with Gasteiger partial charge in [0, 0.05) is 5.69 Å². The molecule has 0 unspecified atom stereocenters. The molecule has 1 aromatic carbocycles. The minimum Gasteiger partial charge on any atom is -0.497 e. The second kappa shape index (κ2) is 6.05. The Morgan fingerprint density at radius 3 is 2.64 bits per heavy atom. The van der Waals surface area contributed by atoms with E-state index < -0.39 is 0 Å². The number of fused-ring (bicyclic) bond motifs is 3. The minimum absolute atomic E-state index is 0.648. The standard InChI is InChI=1S/C19H19N5O/c1-4-15-7-10-17-18-20-12-21-24(18)13(2)23(19(17)22-15)11-14-5-8-16(25-3)9-6-14/h5-10,12H,2,4,11H2,1,3H3. The Labute approximate surface area is 146 Å². The van der Waals surface area contributed by atoms with Gasteiger partial charge in [0.05, 0.1) is 19.2 Å². The Kier molecular flexibility index (Phi) is 3.72. The second-order valence-electron chi connectivity index (χ2n) is 5.87. The van der Waals surface area contributed by atoms with Crippen molar-refractivity contribution in [2.45, 2.75) is 19.9 Å². The second-order valence-corrected chi connectivity index (χ2v) is 5.87. The molecule has 4 rings (SSSR count). The number of rotatable bonds is 4. The van der Waals surface area contributed by atoms with Crippen molar-refractivity contribution >= 4 is 11.6 Å². The number of aryl methyl sites for hydroxylation is 1. The molecule has 3 aromatic rings. The number of benzene rings is 1. The van der Waals surface area contributed by atoms with Crippen molar-refractivity contribution in [3.8, 4) is 17.1 Å². The molecular formula is C19H19N5O. The highest BCUT2D eigenvalue weighted by molar-refractivity contribution is 5.84. The van der Waals surface area contributed by atoms with Gasteiger partial charge in [-0.2, -0.15) is 9.78 Å². The molecule has 0 saturated carbocycles. The van der Waals surface area contributed by atoms with Crippen molar-refractivity contribution < 1.29 is 4.74 Å². The monoisotopic (exact) mass is 333 g/mol. The van der Waals surface area contributed by atoms with Gasteiger partial charge in [-0.1, -0.05) is 25.6 Å². The van der Waals surface area contributed by atoms with Gasteiger partial charge < -0.3 is 9.64 Å². The summed E-state index contributed by atoms with van der Waals surface area (Å²) in [7, 11) is 1.67. The van der Waals surface area contributed by atoms with Crippen LogP contribution >= 0.6 is 0 Å². The van der Waals surface area contributed by atoms with Crippen LogP contribution in [0, 0.1) is 0 Å². The molecule has 6 nitrogen and oxygen atoms in total. The number of ether oxygens (including phenoxy) is 1. The molecule has 0 aliphatic carbocycles. The van der Waals surface area contributed by atoms with E-state index in [9.17, 15) is 0 Å². The molecule has 25 heavy (non-hydrogen) atoms. The van der Waals surface area contributed by atoms with Gasteiger partial charge in [-0.3, -0.25) is 0 Å². The molecular weight excluding hydrogens is 314 g/mol. The van der Waals surface area contributed by atoms with Crippen molar-refractivity contribution in [3.05, 3.63) is 60.6 Å². The lowest BCUT2D eigenvalue weighted by Gasteiger charge is -2.32. The predicted octanol–water partition coefficient (Wildman–Crippen LogP) is 3.36. The molecule has 1 aliphatic rings. The highest BCUT2D eigenvalue weighted by Crippen LogP contribution is 2.37. The van der Waals surface area contributed by atoms with Crippen LogP contribution in [0.1, 0.15) is 18.2 Å². The van der Waals surface area contributed by atoms with Crippen molar-refractivity contribution in [1.29, 1.82) is 0 Å². The lowest BCUT2D eigenvalue weighted by Crippen LogP contribution is -2.30. The molecule has 1 aliphatic heterocycles. The Hall–Kier alpha value is -3.15. The van der Waals surface area contributed by atoms with E-state index in [0.29, 0.717) is 6.54 Å². The van der Waals surface area contributed by atoms with Gasteiger partial charge in [0.1, 0.15) is 23.7 Å². The Morgan fingerprint density at radius 1 is 1.12 bits per heavy atom. The molecule has 0 N–H and O–H groups in total. The van der Waals surface area contributed by atoms with E-state index in [-0.39, 0.29) is 0 Å². The maximum absolute atomic E-state index is 5.24. The summed E-state index contributed by atoms with van der Waals surface area (Å²) in [4.78, 5) is 11.3. The molecule has 0 fully saturated rings. The highest BCUT2D eigenvalue weighted by Gasteiger charge is 2.28. The van der Waals surface area contributed by atoms with Gasteiger partial charge in [0.15, 0.2) is 5.82 Å². The molecule has 0 saturated heterocycles. The van der Waals surface area contributed by atoms with E-state index in [1.807, 2.05) is 30.3 Å². The zero-order valence-electron chi connectivity index (χ0n) is 14.3. The van der Waals surface area contributed by atoms with Crippen molar-refractivity contribution in [1.82, 2.24) is 19.7 Å². The topological polar surface area (TPSA) is 56.1 Å². The lowest BCUT2D eigenvalue weighted by molar-refractivity contribution is 0.414. The third-order valence-corrected chi connectivity index (χ3v) is 4.40. The van der Waals surface area contributed by atoms with Crippen LogP contribution in [0.3, 0.4) is 0 Å². The van der Waals surface area contributed by atoms with Crippen molar-refractivity contribution in [2.24, 2.45) is 0 Å². The van der Waals surface area contributed by atoms with Crippen LogP contribution in [0.15, 0.2) is 49.3 Å². The number of anilines is 1. The van der Waals surface area contributed by atoms with Crippen molar-refractivity contribution in [3.63, 3.8) is 0 Å². The molecule has 0 atom stereocenters. The number of pyridine rings is 1. The Balaban J connectivity index is 1.78. The first-order valence-electron chi connectivity index (χ1n) is 8.21. The zero-order chi connectivity index (χ0) is 17.4. The van der Waals surface area contributed by atoms with E-state index in [2.05, 4.69) is 34.6 Å². The van der Waals surface area contributed by atoms with Gasteiger partial charge in [-0.15, -0.1) is 0 Å². The summed E-state index contributed by atoms with van der Waals surface area (Å²) >= 11 is 0. The van der Waals surface area contributed by atoms with E-state index in [4.69, 9.17) is 9.72 Å². The normalized spacial score (nSPS) is 12.7. The summed E-state index contributed by atoms with van der Waals surface area (Å²) in [6, 6.07) is 12.1. The molecule has 6 heteroatoms. The molecule has 0 spiro atoms. The zero-order valence-corrected chi connectivity index (χ0v) is 14.3. The van der Waals surface area contributed by atoms with Gasteiger partial charge in [-0.25, -0.2) is 9.97 Å². The first-order chi connectivity index (χ1) is 12.2. The maximum Gasteiger partial charge on any atom is 0.168 e. The highest BCUT2D eigenvalue weighted by atomic mass is 16.5. The van der Waals surface area contributed by atoms with Crippen LogP contribution in [-0.2, 0) is 13.0 Å². The van der Waals surface area contributed by atoms with E-state index >= 15 is 0 Å². The number of hydrogen-bond acceptors (Lipinski definition) is 5. The third kappa shape index (κ3) is 2.55. The van der Waals surface area contributed by atoms with Gasteiger partial charge >= 0.3 is 0 Å². The molecule has 3 heterocycles. The Bertz CT molecular complexity index is 929. The fourth-order valence-corrected chi connectivity index (χ4v) is 3.00. The largest absolute Gasteiger partial charge is 0.497 e. The SMILES string of the molecule is C=C1N(Cc2ccc(OC)cc2)c2nc(CC)ccc2-c2ncnn21. The first-order valence-corrected chi connectivity index (χ1v) is 8.21. The Morgan fingerprint density at radius 2 is 1.92 bits per heavy atom. The number of methoxy groups -OCH3 is 1. The van der Waals surface area contributed by atoms with Crippen LogP contribution in [0.2, 0.25) is 0 Å². The van der Waals surface area contributed by atoms with Crippen LogP contribution < -0.4 is 9.64 Å². The summed E-state index contributed by atoms with van der Waals surface area (Å²) in [6.07, 6.45) is 2.43. The third-order valence-electron chi connectivity index (χ3n) is 4.40. The quantitative estimate of drug-likeness (QED) is 0.733. The molecule has 0 radical (unpaired) electrons. The minimum atomic E-state index is 0.648. The summed E-state index contributed by atoms with van der Waals surface area (Å²) < 4.78 is 7.00. The molecule has 126 valence electrons. The number of hydrogen-bond donors (Lipinski definition) is 0. The fraction of sp³-hybridized carbons (Fsp3) is 0.211. The average Bonchev–Trinajstić information content (AvgIpc) is 3.15. The summed E-state index contributed by atoms with van der Waals surface area (Å²) in [5.41, 5.74) is 3.15. The summed E-state index contributed by atoms with van der Waals surface area (Å²) in [6.45, 7) is 6.96. The number of nitrogens with zero attached hydrogens (tertiary/aromatic N) is 5. The van der Waals surface area contributed by atoms with Crippen molar-refractivity contribution in [2.75, 3.05) is 12.0 Å². The number of aromatic nitrogens is 4. The average molecular weight is 333 g/mol. The smallest absolute Gasteiger partial charge is 0.168 e. The summed E-state index contributed by atoms with van der Waals surface area (Å²) in [5.74, 6) is 3.24. The summed E-state index contributed by atoms with van der Waals surface area (Å²) in [5, 5.41) is 4.32. The molecule has 0 amide bonds. The lowest BCUT2D eigenvalue weighted by atomic mass is 10.1. The van der Waals surface area contributed by atoms with Gasteiger partial charge in [0.2, 0.25) is 0 Å². The molecule has 2 aromatic heterocycles. The van der Waals surface area contributed by atoms with Crippen LogP contribution in [-0.4, -0.2) is 26.9 Å². The molecule has 0 bridgehead atoms. The first kappa shape index (κ1) is 15.4. The van der Waals surface area contributed by atoms with E-state index in [0.717, 1.165) is 46.5 Å². The van der Waals surface area contributed by atoms with E-state index in [1.54, 1.807) is 18.1 Å². The van der Waals surface area contributed by atoms with Crippen LogP contribution in [0.4, 0.5) is 5.82 Å². The maximum atomic E-state index is 5.24.